The molecule has 8 nitrogen and oxygen atoms in total. The summed E-state index contributed by atoms with van der Waals surface area (Å²) in [6.45, 7) is 4.11. The molecule has 39 heavy (non-hydrogen) atoms. The van der Waals surface area contributed by atoms with Crippen LogP contribution in [0.1, 0.15) is 46.7 Å². The summed E-state index contributed by atoms with van der Waals surface area (Å²) in [6, 6.07) is 4.21. The van der Waals surface area contributed by atoms with Crippen molar-refractivity contribution in [1.29, 1.82) is 5.53 Å². The third-order valence-electron chi connectivity index (χ3n) is 3.62. The zero-order valence-electron chi connectivity index (χ0n) is 23.0. The minimum atomic E-state index is 0. The molecule has 0 heterocycles. The van der Waals surface area contributed by atoms with Gasteiger partial charge in [0.05, 0.1) is 0 Å². The van der Waals surface area contributed by atoms with Crippen LogP contribution in [-0.2, 0) is 19.6 Å². The first-order chi connectivity index (χ1) is 17.6. The van der Waals surface area contributed by atoms with Crippen LogP contribution in [0, 0.1) is 88.9 Å². The van der Waals surface area contributed by atoms with Crippen molar-refractivity contribution < 1.29 is 26.3 Å². The van der Waals surface area contributed by atoms with E-state index in [4.69, 9.17) is 17.5 Å². The van der Waals surface area contributed by atoms with Crippen LogP contribution in [0.15, 0.2) is 12.1 Å². The van der Waals surface area contributed by atoms with Crippen molar-refractivity contribution in [1.82, 2.24) is 14.7 Å². The largest absolute Gasteiger partial charge is 0.507 e. The fourth-order valence-corrected chi connectivity index (χ4v) is 2.59. The van der Waals surface area contributed by atoms with Crippen molar-refractivity contribution in [2.45, 2.75) is 34.0 Å². The van der Waals surface area contributed by atoms with E-state index in [2.05, 4.69) is 118 Å². The predicted molar refractivity (Wildman–Crippen MR) is 184 cm³/mol. The molecule has 0 spiro atoms. The minimum absolute atomic E-state index is 0. The Bertz CT molecular complexity index is 1330. The van der Waals surface area contributed by atoms with Crippen LogP contribution in [0.2, 0.25) is 0 Å². The molecule has 0 aromatic heterocycles. The topological polar surface area (TPSA) is 122 Å². The molecule has 0 aliphatic carbocycles. The van der Waals surface area contributed by atoms with Gasteiger partial charge in [-0.1, -0.05) is 13.3 Å². The average Bonchev–Trinajstić information content (AvgIpc) is 2.80. The minimum Gasteiger partial charge on any atom is -0.507 e. The lowest BCUT2D eigenvalue weighted by molar-refractivity contribution is 0.365. The maximum atomic E-state index is 10.4. The number of hydrogen-bond acceptors (Lipinski definition) is 5. The first-order valence-corrected chi connectivity index (χ1v) is 10.8. The highest BCUT2D eigenvalue weighted by molar-refractivity contribution is 5.45. The monoisotopic (exact) mass is 548 g/mol. The molecule has 0 aliphatic heterocycles. The normalized spacial score (nSPS) is 7.41. The molecule has 0 saturated heterocycles. The Hall–Kier alpha value is -4.91. The standard InChI is InChI=1S/C15H27N3O.C15H4.CH4.HN3.H2O.11H2/c1-16(2)9-12-7-13(10-17(3)4)15(19)14(8-12)11-18(5)6;1-3-5-7-9-11-13-15-14-12-10-8-6-4-2;;1-3-2;;;;;;;;;;;;/h7-8,19H,9-11H2,1-6H3;1H,2H3;1H4;1H;1H2;11*1H. The Morgan fingerprint density at radius 2 is 1.08 bits per heavy atom. The molecule has 1 aromatic carbocycles. The van der Waals surface area contributed by atoms with E-state index in [-0.39, 0.29) is 28.6 Å². The Balaban J connectivity index is -0.0000000284. The van der Waals surface area contributed by atoms with Gasteiger partial charge in [-0.3, -0.25) is 0 Å². The Morgan fingerprint density at radius 1 is 0.769 bits per heavy atom. The van der Waals surface area contributed by atoms with Crippen molar-refractivity contribution in [3.05, 3.63) is 39.3 Å². The summed E-state index contributed by atoms with van der Waals surface area (Å²) in [6.07, 6.45) is 4.87. The van der Waals surface area contributed by atoms with Gasteiger partial charge in [-0.2, -0.15) is 0 Å². The van der Waals surface area contributed by atoms with Crippen LogP contribution >= 0.6 is 0 Å². The molecule has 1 aromatic rings. The lowest BCUT2D eigenvalue weighted by Crippen LogP contribution is -2.16. The van der Waals surface area contributed by atoms with E-state index in [1.165, 1.54) is 5.56 Å². The maximum absolute atomic E-state index is 10.4. The van der Waals surface area contributed by atoms with Crippen LogP contribution in [0.5, 0.6) is 5.75 Å². The number of benzene rings is 1. The Morgan fingerprint density at radius 3 is 1.36 bits per heavy atom. The van der Waals surface area contributed by atoms with E-state index < -0.39 is 0 Å². The van der Waals surface area contributed by atoms with E-state index in [1.807, 2.05) is 28.2 Å². The van der Waals surface area contributed by atoms with Gasteiger partial charge < -0.3 is 25.3 Å². The van der Waals surface area contributed by atoms with Crippen LogP contribution in [0.3, 0.4) is 0 Å². The summed E-state index contributed by atoms with van der Waals surface area (Å²) in [5.41, 5.74) is 15.5. The van der Waals surface area contributed by atoms with E-state index in [0.717, 1.165) is 30.8 Å². The van der Waals surface area contributed by atoms with Crippen molar-refractivity contribution in [2.24, 2.45) is 0 Å². The highest BCUT2D eigenvalue weighted by atomic mass is 16.3. The first kappa shape index (κ1) is 41.2. The number of terminal acetylenes is 1. The molecule has 0 unspecified atom stereocenters. The zero-order valence-corrected chi connectivity index (χ0v) is 23.0. The van der Waals surface area contributed by atoms with Crippen LogP contribution in [0.4, 0.5) is 0 Å². The van der Waals surface area contributed by atoms with Crippen molar-refractivity contribution >= 4 is 0 Å². The Labute approximate surface area is 251 Å². The molecule has 4 N–H and O–H groups in total. The number of hydrogen-bond donors (Lipinski definition) is 2. The van der Waals surface area contributed by atoms with Gasteiger partial charge in [-0.05, 0) is 148 Å². The number of aromatic hydroxyl groups is 1. The van der Waals surface area contributed by atoms with Crippen molar-refractivity contribution in [3.63, 3.8) is 0 Å². The molecular weight excluding hydrogens is 488 g/mol. The molecule has 0 fully saturated rings. The van der Waals surface area contributed by atoms with Gasteiger partial charge in [-0.15, -0.1) is 12.0 Å². The number of nitrogens with one attached hydrogen (secondary N) is 1. The van der Waals surface area contributed by atoms with Gasteiger partial charge in [0.2, 0.25) is 0 Å². The molecular formula is C31H60N6O2. The average molecular weight is 549 g/mol. The fourth-order valence-electron chi connectivity index (χ4n) is 2.59. The predicted octanol–water partition coefficient (Wildman–Crippen LogP) is 5.63. The number of phenolic OH excluding ortho intramolecular Hbond substituents is 1. The van der Waals surface area contributed by atoms with E-state index in [0.29, 0.717) is 5.75 Å². The molecule has 8 heteroatoms. The van der Waals surface area contributed by atoms with Gasteiger partial charge >= 0.3 is 0 Å². The quantitative estimate of drug-likeness (QED) is 0.207. The Kier molecular flexibility index (Phi) is 29.3. The number of nitrogens with zero attached hydrogens (tertiary/aromatic N) is 5. The second-order valence-corrected chi connectivity index (χ2v) is 7.85. The summed E-state index contributed by atoms with van der Waals surface area (Å²) < 4.78 is 0. The van der Waals surface area contributed by atoms with E-state index in [9.17, 15) is 5.11 Å². The molecule has 1 rings (SSSR count). The molecule has 0 aliphatic rings. The lowest BCUT2D eigenvalue weighted by atomic mass is 10.0. The lowest BCUT2D eigenvalue weighted by Gasteiger charge is -2.19. The summed E-state index contributed by atoms with van der Waals surface area (Å²) >= 11 is 0. The highest BCUT2D eigenvalue weighted by Gasteiger charge is 2.12. The van der Waals surface area contributed by atoms with Gasteiger partial charge in [0, 0.05) is 46.5 Å². The summed E-state index contributed by atoms with van der Waals surface area (Å²) in [5, 5.41) is 10.4. The SMILES string of the molecule is C.C#CC#CC#CC#CC#CC#CC#CC.CN(C)Cc1cc(CN(C)C)c(O)c(CN(C)C)c1.O.[HH].[HH].[HH].[HH].[HH].[HH].[HH].[HH].[HH].[HH].[HH].[N-]=[N+]=N. The molecule has 0 atom stereocenters. The third-order valence-corrected chi connectivity index (χ3v) is 3.62. The van der Waals surface area contributed by atoms with Gasteiger partial charge in [0.1, 0.15) is 5.75 Å². The molecule has 0 bridgehead atoms. The van der Waals surface area contributed by atoms with Gasteiger partial charge in [0.25, 0.3) is 0 Å². The second-order valence-electron chi connectivity index (χ2n) is 7.85. The van der Waals surface area contributed by atoms with Gasteiger partial charge in [-0.25, -0.2) is 0 Å². The summed E-state index contributed by atoms with van der Waals surface area (Å²) in [4.78, 5) is 8.05. The van der Waals surface area contributed by atoms with Crippen molar-refractivity contribution in [2.75, 3.05) is 42.3 Å². The second kappa shape index (κ2) is 27.7. The fraction of sp³-hybridized carbons (Fsp3) is 0.355. The number of rotatable bonds is 6. The molecule has 0 radical (unpaired) electrons. The smallest absolute Gasteiger partial charge is 0.124 e. The molecule has 0 amide bonds. The molecule has 0 saturated carbocycles. The number of phenols is 1. The van der Waals surface area contributed by atoms with E-state index >= 15 is 0 Å². The first-order valence-electron chi connectivity index (χ1n) is 10.8. The highest BCUT2D eigenvalue weighted by Crippen LogP contribution is 2.27. The summed E-state index contributed by atoms with van der Waals surface area (Å²) in [5.74, 6) is 32.4. The van der Waals surface area contributed by atoms with Crippen LogP contribution < -0.4 is 0 Å². The summed E-state index contributed by atoms with van der Waals surface area (Å²) in [7, 11) is 12.2. The molecule has 226 valence electrons. The zero-order chi connectivity index (χ0) is 28.5. The van der Waals surface area contributed by atoms with Gasteiger partial charge in [0.15, 0.2) is 0 Å². The van der Waals surface area contributed by atoms with Crippen molar-refractivity contribution in [3.8, 4) is 89.1 Å². The third kappa shape index (κ3) is 26.0. The maximum Gasteiger partial charge on any atom is 0.124 e. The van der Waals surface area contributed by atoms with Crippen LogP contribution in [-0.4, -0.2) is 67.6 Å². The van der Waals surface area contributed by atoms with Crippen LogP contribution in [0.25, 0.3) is 10.4 Å². The van der Waals surface area contributed by atoms with E-state index in [1.54, 1.807) is 11.8 Å².